The molecule has 5 atom stereocenters. The third-order valence-electron chi connectivity index (χ3n) is 2.43. The van der Waals surface area contributed by atoms with Crippen LogP contribution in [0.2, 0.25) is 0 Å². The third kappa shape index (κ3) is 2.64. The van der Waals surface area contributed by atoms with Crippen molar-refractivity contribution < 1.29 is 35.4 Å². The second-order valence-corrected chi connectivity index (χ2v) is 3.70. The molecule has 1 fully saturated rings. The van der Waals surface area contributed by atoms with E-state index in [1.165, 1.54) is 0 Å². The monoisotopic (exact) mass is 224 g/mol. The van der Waals surface area contributed by atoms with Gasteiger partial charge in [0, 0.05) is 6.42 Å². The highest BCUT2D eigenvalue weighted by Crippen LogP contribution is 2.30. The molecule has 0 aromatic rings. The minimum absolute atomic E-state index is 0.261. The van der Waals surface area contributed by atoms with Gasteiger partial charge < -0.3 is 35.4 Å². The molecule has 1 aliphatic heterocycles. The van der Waals surface area contributed by atoms with Crippen LogP contribution >= 0.6 is 0 Å². The van der Waals surface area contributed by atoms with Crippen molar-refractivity contribution in [1.29, 1.82) is 0 Å². The van der Waals surface area contributed by atoms with E-state index in [2.05, 4.69) is 0 Å². The summed E-state index contributed by atoms with van der Waals surface area (Å²) in [7, 11) is 0. The Bertz CT molecular complexity index is 211. The molecular formula is C8H16O7. The highest BCUT2D eigenvalue weighted by Gasteiger charge is 2.48. The van der Waals surface area contributed by atoms with Gasteiger partial charge >= 0.3 is 0 Å². The van der Waals surface area contributed by atoms with E-state index in [0.29, 0.717) is 0 Å². The Morgan fingerprint density at radius 1 is 1.33 bits per heavy atom. The average molecular weight is 224 g/mol. The summed E-state index contributed by atoms with van der Waals surface area (Å²) in [6.45, 7) is -1.41. The van der Waals surface area contributed by atoms with Crippen molar-refractivity contribution in [3.05, 3.63) is 0 Å². The van der Waals surface area contributed by atoms with E-state index in [4.69, 9.17) is 20.1 Å². The fourth-order valence-electron chi connectivity index (χ4n) is 1.55. The molecule has 7 nitrogen and oxygen atoms in total. The van der Waals surface area contributed by atoms with Crippen molar-refractivity contribution in [2.45, 2.75) is 36.6 Å². The van der Waals surface area contributed by atoms with Crippen LogP contribution in [0, 0.1) is 0 Å². The highest BCUT2D eigenvalue weighted by atomic mass is 16.7. The molecule has 0 aliphatic carbocycles. The van der Waals surface area contributed by atoms with Crippen LogP contribution in [0.5, 0.6) is 0 Å². The molecule has 0 aromatic heterocycles. The summed E-state index contributed by atoms with van der Waals surface area (Å²) in [6.07, 6.45) is -5.69. The first-order chi connectivity index (χ1) is 6.93. The lowest BCUT2D eigenvalue weighted by atomic mass is 10.0. The van der Waals surface area contributed by atoms with Gasteiger partial charge in [0.2, 0.25) is 0 Å². The molecule has 0 bridgehead atoms. The number of rotatable bonds is 4. The smallest absolute Gasteiger partial charge is 0.192 e. The molecule has 1 saturated heterocycles. The SMILES string of the molecule is OC[C@@H](O)[C@@H](O)[C@H]1O[C@@](O)(CO)C[C@H]1O. The lowest BCUT2D eigenvalue weighted by Crippen LogP contribution is -2.45. The molecule has 0 aromatic carbocycles. The predicted molar refractivity (Wildman–Crippen MR) is 46.6 cm³/mol. The molecule has 15 heavy (non-hydrogen) atoms. The van der Waals surface area contributed by atoms with Gasteiger partial charge in [-0.1, -0.05) is 0 Å². The van der Waals surface area contributed by atoms with Gasteiger partial charge in [0.1, 0.15) is 18.3 Å². The van der Waals surface area contributed by atoms with Gasteiger partial charge in [-0.2, -0.15) is 0 Å². The van der Waals surface area contributed by atoms with E-state index in [-0.39, 0.29) is 6.42 Å². The van der Waals surface area contributed by atoms with Crippen molar-refractivity contribution in [3.8, 4) is 0 Å². The third-order valence-corrected chi connectivity index (χ3v) is 2.43. The Labute approximate surface area is 86.2 Å². The Balaban J connectivity index is 2.64. The van der Waals surface area contributed by atoms with E-state index < -0.39 is 43.4 Å². The second-order valence-electron chi connectivity index (χ2n) is 3.70. The number of aliphatic hydroxyl groups excluding tert-OH is 5. The maximum Gasteiger partial charge on any atom is 0.192 e. The zero-order valence-electron chi connectivity index (χ0n) is 8.02. The van der Waals surface area contributed by atoms with Gasteiger partial charge in [-0.3, -0.25) is 0 Å². The minimum Gasteiger partial charge on any atom is -0.394 e. The molecule has 0 unspecified atom stereocenters. The first kappa shape index (κ1) is 12.8. The molecule has 1 rings (SSSR count). The Morgan fingerprint density at radius 3 is 2.33 bits per heavy atom. The van der Waals surface area contributed by atoms with Crippen LogP contribution in [-0.4, -0.2) is 74.1 Å². The molecular weight excluding hydrogens is 208 g/mol. The fraction of sp³-hybridized carbons (Fsp3) is 1.00. The minimum atomic E-state index is -1.90. The number of aliphatic hydroxyl groups is 6. The molecule has 0 amide bonds. The van der Waals surface area contributed by atoms with E-state index in [9.17, 15) is 15.3 Å². The van der Waals surface area contributed by atoms with E-state index in [1.807, 2.05) is 0 Å². The predicted octanol–water partition coefficient (Wildman–Crippen LogP) is -3.47. The van der Waals surface area contributed by atoms with E-state index in [1.54, 1.807) is 0 Å². The zero-order valence-corrected chi connectivity index (χ0v) is 8.02. The van der Waals surface area contributed by atoms with Gasteiger partial charge in [-0.25, -0.2) is 0 Å². The number of hydrogen-bond donors (Lipinski definition) is 6. The van der Waals surface area contributed by atoms with Crippen molar-refractivity contribution in [3.63, 3.8) is 0 Å². The van der Waals surface area contributed by atoms with Crippen LogP contribution in [0.1, 0.15) is 6.42 Å². The van der Waals surface area contributed by atoms with Crippen molar-refractivity contribution in [2.24, 2.45) is 0 Å². The van der Waals surface area contributed by atoms with Gasteiger partial charge in [0.25, 0.3) is 0 Å². The molecule has 1 aliphatic rings. The zero-order chi connectivity index (χ0) is 11.6. The summed E-state index contributed by atoms with van der Waals surface area (Å²) >= 11 is 0. The van der Waals surface area contributed by atoms with Crippen LogP contribution in [-0.2, 0) is 4.74 Å². The topological polar surface area (TPSA) is 131 Å². The molecule has 6 N–H and O–H groups in total. The van der Waals surface area contributed by atoms with Crippen molar-refractivity contribution in [1.82, 2.24) is 0 Å². The summed E-state index contributed by atoms with van der Waals surface area (Å²) in [5, 5.41) is 54.8. The maximum absolute atomic E-state index is 9.46. The summed E-state index contributed by atoms with van der Waals surface area (Å²) in [6, 6.07) is 0. The summed E-state index contributed by atoms with van der Waals surface area (Å²) in [4.78, 5) is 0. The van der Waals surface area contributed by atoms with E-state index >= 15 is 0 Å². The van der Waals surface area contributed by atoms with Gasteiger partial charge in [-0.05, 0) is 0 Å². The van der Waals surface area contributed by atoms with Crippen LogP contribution in [0.25, 0.3) is 0 Å². The van der Waals surface area contributed by atoms with Crippen LogP contribution in [0.15, 0.2) is 0 Å². The quantitative estimate of drug-likeness (QED) is 0.292. The standard InChI is InChI=1S/C8H16O7/c9-2-5(12)6(13)7-4(11)1-8(14,3-10)15-7/h4-7,9-14H,1-3H2/t4-,5-,6-,7+,8-/m1/s1. The summed E-state index contributed by atoms with van der Waals surface area (Å²) in [5.74, 6) is -1.90. The Morgan fingerprint density at radius 2 is 1.93 bits per heavy atom. The first-order valence-corrected chi connectivity index (χ1v) is 4.59. The van der Waals surface area contributed by atoms with Crippen LogP contribution in [0.3, 0.4) is 0 Å². The fourth-order valence-corrected chi connectivity index (χ4v) is 1.55. The molecule has 0 saturated carbocycles. The normalized spacial score (nSPS) is 40.4. The molecule has 90 valence electrons. The lowest BCUT2D eigenvalue weighted by molar-refractivity contribution is -0.234. The van der Waals surface area contributed by atoms with Crippen molar-refractivity contribution >= 4 is 0 Å². The van der Waals surface area contributed by atoms with Gasteiger partial charge in [0.15, 0.2) is 5.79 Å². The van der Waals surface area contributed by atoms with Gasteiger partial charge in [-0.15, -0.1) is 0 Å². The second kappa shape index (κ2) is 4.71. The summed E-state index contributed by atoms with van der Waals surface area (Å²) < 4.78 is 4.83. The van der Waals surface area contributed by atoms with Crippen LogP contribution in [0.4, 0.5) is 0 Å². The maximum atomic E-state index is 9.46. The first-order valence-electron chi connectivity index (χ1n) is 4.59. The molecule has 1 heterocycles. The lowest BCUT2D eigenvalue weighted by Gasteiger charge is -2.25. The Hall–Kier alpha value is -0.280. The van der Waals surface area contributed by atoms with Gasteiger partial charge in [0.05, 0.1) is 19.3 Å². The van der Waals surface area contributed by atoms with Crippen LogP contribution < -0.4 is 0 Å². The summed E-state index contributed by atoms with van der Waals surface area (Å²) in [5.41, 5.74) is 0. The molecule has 0 spiro atoms. The average Bonchev–Trinajstić information content (AvgIpc) is 2.53. The largest absolute Gasteiger partial charge is 0.394 e. The van der Waals surface area contributed by atoms with Crippen molar-refractivity contribution in [2.75, 3.05) is 13.2 Å². The molecule has 7 heteroatoms. The number of hydrogen-bond acceptors (Lipinski definition) is 7. The highest BCUT2D eigenvalue weighted by molar-refractivity contribution is 4.92. The number of ether oxygens (including phenoxy) is 1. The van der Waals surface area contributed by atoms with E-state index in [0.717, 1.165) is 0 Å². The Kier molecular flexibility index (Phi) is 4.01. The molecule has 0 radical (unpaired) electrons.